The Morgan fingerprint density at radius 3 is 1.91 bits per heavy atom. The molecule has 0 bridgehead atoms. The number of phenols is 1. The van der Waals surface area contributed by atoms with Crippen LogP contribution in [0.25, 0.3) is 0 Å². The second-order valence-corrected chi connectivity index (χ2v) is 6.02. The van der Waals surface area contributed by atoms with Gasteiger partial charge in [-0.2, -0.15) is 0 Å². The topological polar surface area (TPSA) is 46.5 Å². The molecule has 0 heterocycles. The van der Waals surface area contributed by atoms with Crippen molar-refractivity contribution < 1.29 is 14.6 Å². The molecule has 0 aliphatic carbocycles. The first-order valence-corrected chi connectivity index (χ1v) is 7.54. The van der Waals surface area contributed by atoms with E-state index < -0.39 is 5.97 Å². The SMILES string of the molecule is CC(C)c1cc(C(=O)Oc2ccccc2)cc(C(C)C)c1O. The number of benzene rings is 2. The van der Waals surface area contributed by atoms with Crippen LogP contribution in [0.1, 0.15) is 61.0 Å². The summed E-state index contributed by atoms with van der Waals surface area (Å²) in [5.74, 6) is 0.637. The zero-order chi connectivity index (χ0) is 16.3. The lowest BCUT2D eigenvalue weighted by molar-refractivity contribution is 0.0734. The van der Waals surface area contributed by atoms with Crippen molar-refractivity contribution in [1.82, 2.24) is 0 Å². The first kappa shape index (κ1) is 16.1. The Bertz CT molecular complexity index is 629. The third kappa shape index (κ3) is 3.48. The van der Waals surface area contributed by atoms with Crippen molar-refractivity contribution in [2.75, 3.05) is 0 Å². The Morgan fingerprint density at radius 1 is 0.955 bits per heavy atom. The maximum Gasteiger partial charge on any atom is 0.343 e. The second-order valence-electron chi connectivity index (χ2n) is 6.02. The summed E-state index contributed by atoms with van der Waals surface area (Å²) in [4.78, 5) is 12.4. The number of carbonyl (C=O) groups excluding carboxylic acids is 1. The molecule has 2 aromatic rings. The fourth-order valence-electron chi connectivity index (χ4n) is 2.33. The lowest BCUT2D eigenvalue weighted by Gasteiger charge is -2.17. The van der Waals surface area contributed by atoms with E-state index in [0.29, 0.717) is 11.3 Å². The number of carbonyl (C=O) groups is 1. The third-order valence-corrected chi connectivity index (χ3v) is 3.60. The van der Waals surface area contributed by atoms with Gasteiger partial charge in [-0.05, 0) is 47.2 Å². The van der Waals surface area contributed by atoms with Gasteiger partial charge in [-0.1, -0.05) is 45.9 Å². The molecule has 0 aliphatic rings. The Morgan fingerprint density at radius 2 is 1.45 bits per heavy atom. The largest absolute Gasteiger partial charge is 0.507 e. The normalized spacial score (nSPS) is 11.0. The van der Waals surface area contributed by atoms with E-state index in [2.05, 4.69) is 0 Å². The minimum Gasteiger partial charge on any atom is -0.507 e. The predicted octanol–water partition coefficient (Wildman–Crippen LogP) is 4.86. The summed E-state index contributed by atoms with van der Waals surface area (Å²) >= 11 is 0. The van der Waals surface area contributed by atoms with Gasteiger partial charge in [0.25, 0.3) is 0 Å². The third-order valence-electron chi connectivity index (χ3n) is 3.60. The molecule has 3 nitrogen and oxygen atoms in total. The van der Waals surface area contributed by atoms with E-state index in [4.69, 9.17) is 4.74 Å². The molecule has 0 saturated heterocycles. The summed E-state index contributed by atoms with van der Waals surface area (Å²) < 4.78 is 5.39. The molecule has 22 heavy (non-hydrogen) atoms. The first-order valence-electron chi connectivity index (χ1n) is 7.54. The number of aromatic hydroxyl groups is 1. The van der Waals surface area contributed by atoms with Crippen molar-refractivity contribution in [3.05, 3.63) is 59.2 Å². The zero-order valence-electron chi connectivity index (χ0n) is 13.5. The Kier molecular flexibility index (Phi) is 4.86. The van der Waals surface area contributed by atoms with Gasteiger partial charge in [0.1, 0.15) is 11.5 Å². The van der Waals surface area contributed by atoms with Gasteiger partial charge in [0, 0.05) is 0 Å². The van der Waals surface area contributed by atoms with Crippen LogP contribution in [0.3, 0.4) is 0 Å². The zero-order valence-corrected chi connectivity index (χ0v) is 13.5. The maximum absolute atomic E-state index is 12.4. The van der Waals surface area contributed by atoms with Crippen LogP contribution in [0, 0.1) is 0 Å². The van der Waals surface area contributed by atoms with Gasteiger partial charge in [-0.25, -0.2) is 4.79 Å². The highest BCUT2D eigenvalue weighted by Crippen LogP contribution is 2.35. The van der Waals surface area contributed by atoms with Crippen LogP contribution < -0.4 is 4.74 Å². The molecule has 2 aromatic carbocycles. The highest BCUT2D eigenvalue weighted by Gasteiger charge is 2.19. The smallest absolute Gasteiger partial charge is 0.343 e. The summed E-state index contributed by atoms with van der Waals surface area (Å²) in [6.07, 6.45) is 0. The molecule has 0 saturated carbocycles. The van der Waals surface area contributed by atoms with Gasteiger partial charge in [0.05, 0.1) is 5.56 Å². The van der Waals surface area contributed by atoms with E-state index in [0.717, 1.165) is 11.1 Å². The van der Waals surface area contributed by atoms with Crippen molar-refractivity contribution in [1.29, 1.82) is 0 Å². The molecule has 116 valence electrons. The number of rotatable bonds is 4. The number of para-hydroxylation sites is 1. The molecule has 0 fully saturated rings. The van der Waals surface area contributed by atoms with Crippen LogP contribution in [-0.2, 0) is 0 Å². The summed E-state index contributed by atoms with van der Waals surface area (Å²) in [7, 11) is 0. The molecular formula is C19H22O3. The number of hydrogen-bond acceptors (Lipinski definition) is 3. The van der Waals surface area contributed by atoms with Crippen molar-refractivity contribution in [2.24, 2.45) is 0 Å². The fourth-order valence-corrected chi connectivity index (χ4v) is 2.33. The maximum atomic E-state index is 12.4. The predicted molar refractivity (Wildman–Crippen MR) is 87.7 cm³/mol. The minimum absolute atomic E-state index is 0.127. The molecule has 3 heteroatoms. The molecule has 0 radical (unpaired) electrons. The molecule has 0 atom stereocenters. The number of esters is 1. The second kappa shape index (κ2) is 6.65. The monoisotopic (exact) mass is 298 g/mol. The van der Waals surface area contributed by atoms with Crippen molar-refractivity contribution >= 4 is 5.97 Å². The van der Waals surface area contributed by atoms with Gasteiger partial charge in [0.15, 0.2) is 0 Å². The Hall–Kier alpha value is -2.29. The van der Waals surface area contributed by atoms with E-state index >= 15 is 0 Å². The Balaban J connectivity index is 2.40. The molecule has 0 aliphatic heterocycles. The van der Waals surface area contributed by atoms with Gasteiger partial charge in [0.2, 0.25) is 0 Å². The fraction of sp³-hybridized carbons (Fsp3) is 0.316. The lowest BCUT2D eigenvalue weighted by atomic mass is 9.91. The van der Waals surface area contributed by atoms with Gasteiger partial charge < -0.3 is 9.84 Å². The van der Waals surface area contributed by atoms with Gasteiger partial charge >= 0.3 is 5.97 Å². The molecule has 0 spiro atoms. The van der Waals surface area contributed by atoms with E-state index in [-0.39, 0.29) is 17.6 Å². The summed E-state index contributed by atoms with van der Waals surface area (Å²) in [5, 5.41) is 10.4. The van der Waals surface area contributed by atoms with Crippen LogP contribution in [0.4, 0.5) is 0 Å². The number of ether oxygens (including phenoxy) is 1. The van der Waals surface area contributed by atoms with Gasteiger partial charge in [-0.15, -0.1) is 0 Å². The van der Waals surface area contributed by atoms with E-state index in [1.807, 2.05) is 45.9 Å². The summed E-state index contributed by atoms with van der Waals surface area (Å²) in [6.45, 7) is 7.97. The molecular weight excluding hydrogens is 276 g/mol. The van der Waals surface area contributed by atoms with Crippen molar-refractivity contribution in [3.63, 3.8) is 0 Å². The lowest BCUT2D eigenvalue weighted by Crippen LogP contribution is -2.10. The minimum atomic E-state index is -0.407. The quantitative estimate of drug-likeness (QED) is 0.647. The highest BCUT2D eigenvalue weighted by atomic mass is 16.5. The van der Waals surface area contributed by atoms with E-state index in [9.17, 15) is 9.90 Å². The summed E-state index contributed by atoms with van der Waals surface area (Å²) in [5.41, 5.74) is 2.01. The molecule has 2 rings (SSSR count). The molecule has 1 N–H and O–H groups in total. The Labute approximate surface area is 131 Å². The average molecular weight is 298 g/mol. The summed E-state index contributed by atoms with van der Waals surface area (Å²) in [6, 6.07) is 12.4. The van der Waals surface area contributed by atoms with E-state index in [1.54, 1.807) is 24.3 Å². The molecule has 0 unspecified atom stereocenters. The van der Waals surface area contributed by atoms with Gasteiger partial charge in [-0.3, -0.25) is 0 Å². The van der Waals surface area contributed by atoms with Crippen LogP contribution in [0.5, 0.6) is 11.5 Å². The standard InChI is InChI=1S/C19H22O3/c1-12(2)16-10-14(11-17(13(3)4)18(16)20)19(21)22-15-8-6-5-7-9-15/h5-13,20H,1-4H3. The van der Waals surface area contributed by atoms with Crippen LogP contribution in [0.2, 0.25) is 0 Å². The van der Waals surface area contributed by atoms with Crippen molar-refractivity contribution in [2.45, 2.75) is 39.5 Å². The van der Waals surface area contributed by atoms with Crippen LogP contribution in [-0.4, -0.2) is 11.1 Å². The average Bonchev–Trinajstić information content (AvgIpc) is 2.47. The highest BCUT2D eigenvalue weighted by molar-refractivity contribution is 5.92. The molecule has 0 amide bonds. The number of phenolic OH excluding ortho intramolecular Hbond substituents is 1. The van der Waals surface area contributed by atoms with Crippen LogP contribution in [0.15, 0.2) is 42.5 Å². The van der Waals surface area contributed by atoms with Crippen LogP contribution >= 0.6 is 0 Å². The van der Waals surface area contributed by atoms with Crippen molar-refractivity contribution in [3.8, 4) is 11.5 Å². The molecule has 0 aromatic heterocycles. The van der Waals surface area contributed by atoms with E-state index in [1.165, 1.54) is 0 Å². The first-order chi connectivity index (χ1) is 10.4. The number of hydrogen-bond donors (Lipinski definition) is 1.